The smallest absolute Gasteiger partial charge is 0.0314 e. The average Bonchev–Trinajstić information content (AvgIpc) is 2.83. The minimum atomic E-state index is 0.868. The van der Waals surface area contributed by atoms with Crippen molar-refractivity contribution in [3.63, 3.8) is 0 Å². The molecular weight excluding hydrogens is 318 g/mol. The first-order chi connectivity index (χ1) is 9.24. The molecule has 0 amide bonds. The van der Waals surface area contributed by atoms with Crippen molar-refractivity contribution in [3.8, 4) is 0 Å². The van der Waals surface area contributed by atoms with Gasteiger partial charge in [-0.1, -0.05) is 26.7 Å². The largest absolute Gasteiger partial charge is 0.317 e. The Hall–Kier alpha value is 0.140. The summed E-state index contributed by atoms with van der Waals surface area (Å²) in [7, 11) is 0. The lowest BCUT2D eigenvalue weighted by molar-refractivity contribution is 0.172. The maximum absolute atomic E-state index is 3.69. The summed E-state index contributed by atoms with van der Waals surface area (Å²) < 4.78 is 1.32. The lowest BCUT2D eigenvalue weighted by Crippen LogP contribution is -2.34. The first-order valence-electron chi connectivity index (χ1n) is 7.67. The van der Waals surface area contributed by atoms with Gasteiger partial charge in [-0.3, -0.25) is 0 Å². The molecule has 1 fully saturated rings. The third kappa shape index (κ3) is 4.30. The molecule has 108 valence electrons. The molecule has 19 heavy (non-hydrogen) atoms. The van der Waals surface area contributed by atoms with E-state index in [1.54, 1.807) is 4.88 Å². The van der Waals surface area contributed by atoms with E-state index in [2.05, 4.69) is 46.5 Å². The fraction of sp³-hybridized carbons (Fsp3) is 0.750. The van der Waals surface area contributed by atoms with E-state index < -0.39 is 0 Å². The van der Waals surface area contributed by atoms with Crippen LogP contribution in [0.3, 0.4) is 0 Å². The van der Waals surface area contributed by atoms with E-state index in [9.17, 15) is 0 Å². The van der Waals surface area contributed by atoms with Crippen molar-refractivity contribution in [2.24, 2.45) is 17.8 Å². The van der Waals surface area contributed by atoms with Crippen LogP contribution < -0.4 is 5.32 Å². The normalized spacial score (nSPS) is 27.6. The molecule has 1 nitrogen and oxygen atoms in total. The Labute approximate surface area is 130 Å². The average molecular weight is 344 g/mol. The molecule has 3 unspecified atom stereocenters. The summed E-state index contributed by atoms with van der Waals surface area (Å²) in [5.41, 5.74) is 0. The van der Waals surface area contributed by atoms with Crippen LogP contribution in [0.25, 0.3) is 0 Å². The van der Waals surface area contributed by atoms with Crippen LogP contribution in [0.2, 0.25) is 0 Å². The van der Waals surface area contributed by atoms with Crippen molar-refractivity contribution >= 4 is 27.3 Å². The van der Waals surface area contributed by atoms with Crippen LogP contribution >= 0.6 is 27.3 Å². The third-order valence-electron chi connectivity index (χ3n) is 4.62. The van der Waals surface area contributed by atoms with Crippen LogP contribution in [0.15, 0.2) is 15.9 Å². The van der Waals surface area contributed by atoms with Gasteiger partial charge < -0.3 is 5.32 Å². The molecule has 1 aliphatic rings. The summed E-state index contributed by atoms with van der Waals surface area (Å²) in [5.74, 6) is 2.70. The van der Waals surface area contributed by atoms with E-state index in [1.807, 2.05) is 11.3 Å². The number of hydrogen-bond donors (Lipinski definition) is 1. The lowest BCUT2D eigenvalue weighted by Gasteiger charge is -2.36. The van der Waals surface area contributed by atoms with Gasteiger partial charge in [0.15, 0.2) is 0 Å². The van der Waals surface area contributed by atoms with E-state index in [1.165, 1.54) is 43.1 Å². The number of nitrogens with one attached hydrogen (secondary N) is 1. The van der Waals surface area contributed by atoms with Crippen LogP contribution in [-0.2, 0) is 6.42 Å². The summed E-state index contributed by atoms with van der Waals surface area (Å²) in [6.07, 6.45) is 6.91. The molecule has 0 aliphatic heterocycles. The molecule has 0 saturated heterocycles. The zero-order valence-electron chi connectivity index (χ0n) is 12.1. The molecule has 1 aromatic rings. The molecule has 3 atom stereocenters. The van der Waals surface area contributed by atoms with Crippen LogP contribution in [0, 0.1) is 17.8 Å². The van der Waals surface area contributed by atoms with Crippen LogP contribution in [-0.4, -0.2) is 13.1 Å². The first kappa shape index (κ1) is 15.5. The molecule has 0 aromatic carbocycles. The zero-order chi connectivity index (χ0) is 13.7. The van der Waals surface area contributed by atoms with Crippen molar-refractivity contribution in [2.45, 2.75) is 46.0 Å². The molecule has 3 heteroatoms. The molecule has 1 heterocycles. The quantitative estimate of drug-likeness (QED) is 0.757. The lowest BCUT2D eigenvalue weighted by atomic mass is 9.71. The van der Waals surface area contributed by atoms with E-state index in [0.29, 0.717) is 0 Å². The highest BCUT2D eigenvalue weighted by Crippen LogP contribution is 2.39. The fourth-order valence-corrected chi connectivity index (χ4v) is 4.96. The fourth-order valence-electron chi connectivity index (χ4n) is 3.35. The molecule has 1 saturated carbocycles. The predicted octanol–water partition coefficient (Wildman–Crippen LogP) is 5.11. The molecular formula is C16H26BrNS. The van der Waals surface area contributed by atoms with Crippen molar-refractivity contribution in [2.75, 3.05) is 13.1 Å². The van der Waals surface area contributed by atoms with Gasteiger partial charge in [0.2, 0.25) is 0 Å². The van der Waals surface area contributed by atoms with Gasteiger partial charge in [0, 0.05) is 9.35 Å². The number of hydrogen-bond acceptors (Lipinski definition) is 2. The van der Waals surface area contributed by atoms with Gasteiger partial charge in [-0.15, -0.1) is 11.3 Å². The summed E-state index contributed by atoms with van der Waals surface area (Å²) >= 11 is 5.60. The summed E-state index contributed by atoms with van der Waals surface area (Å²) in [6, 6.07) is 2.19. The minimum Gasteiger partial charge on any atom is -0.317 e. The third-order valence-corrected chi connectivity index (χ3v) is 6.57. The molecule has 1 N–H and O–H groups in total. The van der Waals surface area contributed by atoms with E-state index >= 15 is 0 Å². The van der Waals surface area contributed by atoms with Crippen molar-refractivity contribution in [1.29, 1.82) is 0 Å². The van der Waals surface area contributed by atoms with Gasteiger partial charge in [-0.05, 0) is 77.5 Å². The van der Waals surface area contributed by atoms with Crippen LogP contribution in [0.5, 0.6) is 0 Å². The van der Waals surface area contributed by atoms with E-state index in [4.69, 9.17) is 0 Å². The second-order valence-electron chi connectivity index (χ2n) is 5.81. The van der Waals surface area contributed by atoms with Gasteiger partial charge in [-0.2, -0.15) is 0 Å². The monoisotopic (exact) mass is 343 g/mol. The SMILES string of the molecule is CCNCC1CCC(CC)CC1Cc1sccc1Br. The van der Waals surface area contributed by atoms with E-state index in [0.717, 1.165) is 24.3 Å². The number of halogens is 1. The van der Waals surface area contributed by atoms with Crippen molar-refractivity contribution < 1.29 is 0 Å². The highest BCUT2D eigenvalue weighted by atomic mass is 79.9. The maximum Gasteiger partial charge on any atom is 0.0314 e. The first-order valence-corrected chi connectivity index (χ1v) is 9.34. The van der Waals surface area contributed by atoms with Crippen LogP contribution in [0.4, 0.5) is 0 Å². The molecule has 0 radical (unpaired) electrons. The van der Waals surface area contributed by atoms with Crippen molar-refractivity contribution in [3.05, 3.63) is 20.8 Å². The Morgan fingerprint density at radius 3 is 2.79 bits per heavy atom. The Bertz CT molecular complexity index is 377. The topological polar surface area (TPSA) is 12.0 Å². The summed E-state index contributed by atoms with van der Waals surface area (Å²) in [5, 5.41) is 5.77. The molecule has 0 bridgehead atoms. The van der Waals surface area contributed by atoms with Gasteiger partial charge in [0.05, 0.1) is 0 Å². The van der Waals surface area contributed by atoms with Crippen molar-refractivity contribution in [1.82, 2.24) is 5.32 Å². The molecule has 2 rings (SSSR count). The highest BCUT2D eigenvalue weighted by Gasteiger charge is 2.30. The van der Waals surface area contributed by atoms with Gasteiger partial charge in [-0.25, -0.2) is 0 Å². The summed E-state index contributed by atoms with van der Waals surface area (Å²) in [4.78, 5) is 1.54. The number of rotatable bonds is 6. The second-order valence-corrected chi connectivity index (χ2v) is 7.67. The molecule has 1 aromatic heterocycles. The highest BCUT2D eigenvalue weighted by molar-refractivity contribution is 9.10. The second kappa shape index (κ2) is 7.80. The van der Waals surface area contributed by atoms with Gasteiger partial charge >= 0.3 is 0 Å². The molecule has 1 aliphatic carbocycles. The zero-order valence-corrected chi connectivity index (χ0v) is 14.5. The van der Waals surface area contributed by atoms with Crippen LogP contribution in [0.1, 0.15) is 44.4 Å². The Morgan fingerprint density at radius 1 is 1.32 bits per heavy atom. The van der Waals surface area contributed by atoms with Gasteiger partial charge in [0.1, 0.15) is 0 Å². The number of thiophene rings is 1. The Morgan fingerprint density at radius 2 is 2.16 bits per heavy atom. The predicted molar refractivity (Wildman–Crippen MR) is 88.9 cm³/mol. The van der Waals surface area contributed by atoms with Gasteiger partial charge in [0.25, 0.3) is 0 Å². The standard InChI is InChI=1S/C16H26BrNS/c1-3-12-5-6-13(11-18-4-2)14(9-12)10-16-15(17)7-8-19-16/h7-8,12-14,18H,3-6,9-11H2,1-2H3. The maximum atomic E-state index is 3.69. The summed E-state index contributed by atoms with van der Waals surface area (Å²) in [6.45, 7) is 6.87. The van der Waals surface area contributed by atoms with E-state index in [-0.39, 0.29) is 0 Å². The minimum absolute atomic E-state index is 0.868. The Balaban J connectivity index is 2.00. The molecule has 0 spiro atoms. The Kier molecular flexibility index (Phi) is 6.37.